The predicted molar refractivity (Wildman–Crippen MR) is 50.2 cm³/mol. The summed E-state index contributed by atoms with van der Waals surface area (Å²) in [6, 6.07) is -0.260. The maximum absolute atomic E-state index is 11.3. The van der Waals surface area contributed by atoms with E-state index in [0.717, 1.165) is 5.56 Å². The van der Waals surface area contributed by atoms with Gasteiger partial charge in [0, 0.05) is 18.0 Å². The monoisotopic (exact) mass is 221 g/mol. The highest BCUT2D eigenvalue weighted by Gasteiger charge is 2.33. The molecule has 1 aromatic rings. The Morgan fingerprint density at radius 3 is 2.67 bits per heavy atom. The first kappa shape index (κ1) is 8.51. The largest absolute Gasteiger partial charge is 0.323 e. The van der Waals surface area contributed by atoms with Crippen molar-refractivity contribution in [2.45, 2.75) is 12.5 Å². The van der Waals surface area contributed by atoms with Gasteiger partial charge in [0.25, 0.3) is 0 Å². The molecule has 5 heteroatoms. The number of nitrogens with two attached hydrogens (primary N) is 1. The van der Waals surface area contributed by atoms with Crippen LogP contribution in [0.4, 0.5) is 0 Å². The molecule has 0 spiro atoms. The van der Waals surface area contributed by atoms with Crippen LogP contribution in [0.2, 0.25) is 8.67 Å². The fourth-order valence-electron chi connectivity index (χ4n) is 1.38. The number of ketones is 1. The van der Waals surface area contributed by atoms with E-state index in [9.17, 15) is 4.79 Å². The molecule has 0 fully saturated rings. The summed E-state index contributed by atoms with van der Waals surface area (Å²) in [6.45, 7) is 0. The second-order valence-corrected chi connectivity index (χ2v) is 4.90. The van der Waals surface area contributed by atoms with Crippen molar-refractivity contribution in [1.29, 1.82) is 0 Å². The second-order valence-electron chi connectivity index (χ2n) is 2.67. The number of carbonyl (C=O) groups excluding carboxylic acids is 1. The van der Waals surface area contributed by atoms with E-state index < -0.39 is 0 Å². The van der Waals surface area contributed by atoms with Crippen LogP contribution in [0.1, 0.15) is 28.4 Å². The summed E-state index contributed by atoms with van der Waals surface area (Å²) in [5.41, 5.74) is 6.97. The summed E-state index contributed by atoms with van der Waals surface area (Å²) in [4.78, 5) is 11.3. The predicted octanol–water partition coefficient (Wildman–Crippen LogP) is 2.64. The molecule has 1 aromatic heterocycles. The average Bonchev–Trinajstić information content (AvgIpc) is 2.38. The Hall–Kier alpha value is -0.0900. The van der Waals surface area contributed by atoms with Crippen LogP contribution >= 0.6 is 34.5 Å². The molecule has 0 aromatic carbocycles. The third-order valence-electron chi connectivity index (χ3n) is 1.91. The third kappa shape index (κ3) is 1.01. The molecule has 1 atom stereocenters. The maximum atomic E-state index is 11.3. The zero-order valence-electron chi connectivity index (χ0n) is 5.93. The zero-order chi connectivity index (χ0) is 8.88. The van der Waals surface area contributed by atoms with E-state index in [0.29, 0.717) is 20.7 Å². The summed E-state index contributed by atoms with van der Waals surface area (Å²) in [6.07, 6.45) is 0.331. The molecule has 2 rings (SSSR count). The second kappa shape index (κ2) is 2.70. The van der Waals surface area contributed by atoms with Crippen LogP contribution in [0, 0.1) is 0 Å². The van der Waals surface area contributed by atoms with Gasteiger partial charge in [0.2, 0.25) is 0 Å². The lowest BCUT2D eigenvalue weighted by atomic mass is 10.2. The van der Waals surface area contributed by atoms with Gasteiger partial charge in [0.1, 0.15) is 4.34 Å². The van der Waals surface area contributed by atoms with Crippen LogP contribution in [-0.2, 0) is 0 Å². The molecule has 1 aliphatic carbocycles. The SMILES string of the molecule is N[C@@H]1CC(=O)c2c(Cl)sc(Cl)c21. The summed E-state index contributed by atoms with van der Waals surface area (Å²) in [5.74, 6) is 0.00523. The van der Waals surface area contributed by atoms with Gasteiger partial charge in [0.05, 0.1) is 9.90 Å². The summed E-state index contributed by atoms with van der Waals surface area (Å²) < 4.78 is 1.02. The van der Waals surface area contributed by atoms with E-state index >= 15 is 0 Å². The summed E-state index contributed by atoms with van der Waals surface area (Å²) in [5, 5.41) is 0. The summed E-state index contributed by atoms with van der Waals surface area (Å²) in [7, 11) is 0. The lowest BCUT2D eigenvalue weighted by Crippen LogP contribution is -2.05. The number of thiophene rings is 1. The molecule has 1 aliphatic rings. The molecule has 0 saturated heterocycles. The first-order valence-corrected chi connectivity index (χ1v) is 4.95. The highest BCUT2D eigenvalue weighted by atomic mass is 35.5. The Morgan fingerprint density at radius 2 is 2.08 bits per heavy atom. The maximum Gasteiger partial charge on any atom is 0.167 e. The number of hydrogen-bond acceptors (Lipinski definition) is 3. The highest BCUT2D eigenvalue weighted by Crippen LogP contribution is 2.44. The smallest absolute Gasteiger partial charge is 0.167 e. The molecule has 0 unspecified atom stereocenters. The Morgan fingerprint density at radius 1 is 1.42 bits per heavy atom. The lowest BCUT2D eigenvalue weighted by molar-refractivity contribution is 0.0989. The van der Waals surface area contributed by atoms with Crippen molar-refractivity contribution < 1.29 is 4.79 Å². The molecule has 1 heterocycles. The van der Waals surface area contributed by atoms with Crippen molar-refractivity contribution in [2.75, 3.05) is 0 Å². The number of Topliss-reactive ketones (excluding diaryl/α,β-unsaturated/α-hetero) is 1. The average molecular weight is 222 g/mol. The molecule has 2 N–H and O–H groups in total. The third-order valence-corrected chi connectivity index (χ3v) is 3.55. The topological polar surface area (TPSA) is 43.1 Å². The first-order valence-electron chi connectivity index (χ1n) is 3.37. The standard InChI is InChI=1S/C7H5Cl2NOS/c8-6-4-2(10)1-3(11)5(4)7(9)12-6/h2H,1,10H2/t2-/m1/s1. The Balaban J connectivity index is 2.69. The molecule has 12 heavy (non-hydrogen) atoms. The number of rotatable bonds is 0. The van der Waals surface area contributed by atoms with Gasteiger partial charge in [-0.15, -0.1) is 11.3 Å². The van der Waals surface area contributed by atoms with Gasteiger partial charge in [-0.2, -0.15) is 0 Å². The molecule has 0 aliphatic heterocycles. The van der Waals surface area contributed by atoms with Crippen molar-refractivity contribution >= 4 is 40.3 Å². The molecule has 0 radical (unpaired) electrons. The number of hydrogen-bond donors (Lipinski definition) is 1. The van der Waals surface area contributed by atoms with Crippen molar-refractivity contribution in [2.24, 2.45) is 5.73 Å². The quantitative estimate of drug-likeness (QED) is 0.733. The van der Waals surface area contributed by atoms with Gasteiger partial charge >= 0.3 is 0 Å². The van der Waals surface area contributed by atoms with E-state index in [1.807, 2.05) is 0 Å². The van der Waals surface area contributed by atoms with Gasteiger partial charge in [-0.1, -0.05) is 23.2 Å². The van der Waals surface area contributed by atoms with E-state index in [4.69, 9.17) is 28.9 Å². The highest BCUT2D eigenvalue weighted by molar-refractivity contribution is 7.20. The minimum absolute atomic E-state index is 0.00523. The van der Waals surface area contributed by atoms with Crippen LogP contribution in [0.25, 0.3) is 0 Å². The van der Waals surface area contributed by atoms with Gasteiger partial charge in [-0.25, -0.2) is 0 Å². The van der Waals surface area contributed by atoms with Crippen LogP contribution < -0.4 is 5.73 Å². The Labute approximate surface area is 83.3 Å². The minimum Gasteiger partial charge on any atom is -0.323 e. The lowest BCUT2D eigenvalue weighted by Gasteiger charge is -1.98. The van der Waals surface area contributed by atoms with Crippen molar-refractivity contribution in [3.05, 3.63) is 19.8 Å². The molecule has 64 valence electrons. The van der Waals surface area contributed by atoms with Gasteiger partial charge in [0.15, 0.2) is 5.78 Å². The van der Waals surface area contributed by atoms with Crippen molar-refractivity contribution in [3.8, 4) is 0 Å². The van der Waals surface area contributed by atoms with Gasteiger partial charge < -0.3 is 5.73 Å². The van der Waals surface area contributed by atoms with Crippen molar-refractivity contribution in [1.82, 2.24) is 0 Å². The van der Waals surface area contributed by atoms with E-state index in [2.05, 4.69) is 0 Å². The van der Waals surface area contributed by atoms with Crippen molar-refractivity contribution in [3.63, 3.8) is 0 Å². The number of halogens is 2. The minimum atomic E-state index is -0.260. The van der Waals surface area contributed by atoms with Crippen LogP contribution in [-0.4, -0.2) is 5.78 Å². The zero-order valence-corrected chi connectivity index (χ0v) is 8.26. The molecule has 0 bridgehead atoms. The van der Waals surface area contributed by atoms with Gasteiger partial charge in [-0.3, -0.25) is 4.79 Å². The number of fused-ring (bicyclic) bond motifs is 1. The normalized spacial score (nSPS) is 21.6. The Bertz CT molecular complexity index is 361. The van der Waals surface area contributed by atoms with Crippen LogP contribution in [0.5, 0.6) is 0 Å². The first-order chi connectivity index (χ1) is 5.61. The van der Waals surface area contributed by atoms with Crippen LogP contribution in [0.3, 0.4) is 0 Å². The molecule has 2 nitrogen and oxygen atoms in total. The van der Waals surface area contributed by atoms with Gasteiger partial charge in [-0.05, 0) is 0 Å². The fourth-order valence-corrected chi connectivity index (χ4v) is 3.25. The molecular formula is C7H5Cl2NOS. The molecular weight excluding hydrogens is 217 g/mol. The van der Waals surface area contributed by atoms with Crippen LogP contribution in [0.15, 0.2) is 0 Å². The Kier molecular flexibility index (Phi) is 1.92. The fraction of sp³-hybridized carbons (Fsp3) is 0.286. The van der Waals surface area contributed by atoms with E-state index in [1.165, 1.54) is 11.3 Å². The van der Waals surface area contributed by atoms with E-state index in [1.54, 1.807) is 0 Å². The molecule has 0 amide bonds. The summed E-state index contributed by atoms with van der Waals surface area (Å²) >= 11 is 12.9. The van der Waals surface area contributed by atoms with E-state index in [-0.39, 0.29) is 11.8 Å². The number of carbonyl (C=O) groups is 1. The molecule has 0 saturated carbocycles.